The summed E-state index contributed by atoms with van der Waals surface area (Å²) in [7, 11) is 1.32. The standard InChI is InChI=1S/C13H16N4O2S/c1-7-15-10(12(18)19-2)11(14)17(7)13-16-8-5-3-4-6-9(8)20-13/h3-6,14H2,1-2H3. The number of imidazole rings is 1. The van der Waals surface area contributed by atoms with E-state index in [0.29, 0.717) is 11.6 Å². The van der Waals surface area contributed by atoms with E-state index in [1.807, 2.05) is 6.92 Å². The van der Waals surface area contributed by atoms with Crippen molar-refractivity contribution in [1.82, 2.24) is 14.5 Å². The number of rotatable bonds is 2. The average molecular weight is 292 g/mol. The van der Waals surface area contributed by atoms with Gasteiger partial charge < -0.3 is 10.5 Å². The van der Waals surface area contributed by atoms with Crippen LogP contribution in [0, 0.1) is 6.92 Å². The van der Waals surface area contributed by atoms with E-state index in [0.717, 1.165) is 23.7 Å². The van der Waals surface area contributed by atoms with Crippen LogP contribution < -0.4 is 5.73 Å². The van der Waals surface area contributed by atoms with Gasteiger partial charge in [-0.15, -0.1) is 11.3 Å². The molecule has 20 heavy (non-hydrogen) atoms. The number of nitrogen functional groups attached to an aromatic ring is 1. The van der Waals surface area contributed by atoms with E-state index in [1.165, 1.54) is 24.8 Å². The zero-order valence-corrected chi connectivity index (χ0v) is 12.3. The van der Waals surface area contributed by atoms with Crippen LogP contribution in [0.2, 0.25) is 0 Å². The number of carbonyl (C=O) groups is 1. The van der Waals surface area contributed by atoms with Crippen molar-refractivity contribution in [2.45, 2.75) is 32.6 Å². The Kier molecular flexibility index (Phi) is 3.21. The molecule has 1 aliphatic rings. The molecule has 0 aromatic carbocycles. The number of hydrogen-bond donors (Lipinski definition) is 1. The number of anilines is 1. The molecule has 0 spiro atoms. The number of thiazole rings is 1. The van der Waals surface area contributed by atoms with Gasteiger partial charge in [-0.2, -0.15) is 0 Å². The summed E-state index contributed by atoms with van der Waals surface area (Å²) in [6.07, 6.45) is 4.48. The topological polar surface area (TPSA) is 83.0 Å². The van der Waals surface area contributed by atoms with Gasteiger partial charge in [-0.1, -0.05) is 0 Å². The molecule has 3 rings (SSSR count). The summed E-state index contributed by atoms with van der Waals surface area (Å²) in [5.74, 6) is 0.417. The first-order chi connectivity index (χ1) is 9.61. The molecule has 0 radical (unpaired) electrons. The summed E-state index contributed by atoms with van der Waals surface area (Å²) in [5, 5.41) is 0.787. The zero-order valence-electron chi connectivity index (χ0n) is 11.5. The Labute approximate surface area is 120 Å². The number of ether oxygens (including phenoxy) is 1. The lowest BCUT2D eigenvalue weighted by atomic mass is 10.0. The smallest absolute Gasteiger partial charge is 0.360 e. The van der Waals surface area contributed by atoms with Crippen LogP contribution in [0.4, 0.5) is 5.82 Å². The predicted octanol–water partition coefficient (Wildman–Crippen LogP) is 1.88. The molecule has 0 amide bonds. The van der Waals surface area contributed by atoms with Crippen molar-refractivity contribution >= 4 is 23.1 Å². The van der Waals surface area contributed by atoms with E-state index in [1.54, 1.807) is 15.9 Å². The average Bonchev–Trinajstić information content (AvgIpc) is 2.98. The van der Waals surface area contributed by atoms with Crippen molar-refractivity contribution in [3.8, 4) is 5.13 Å². The number of fused-ring (bicyclic) bond motifs is 1. The molecule has 0 saturated carbocycles. The van der Waals surface area contributed by atoms with Crippen LogP contribution in [0.25, 0.3) is 5.13 Å². The van der Waals surface area contributed by atoms with Gasteiger partial charge in [0, 0.05) is 4.88 Å². The van der Waals surface area contributed by atoms with E-state index >= 15 is 0 Å². The van der Waals surface area contributed by atoms with E-state index in [-0.39, 0.29) is 5.69 Å². The number of nitrogens with two attached hydrogens (primary N) is 1. The first kappa shape index (κ1) is 13.1. The highest BCUT2D eigenvalue weighted by Gasteiger charge is 2.23. The van der Waals surface area contributed by atoms with Gasteiger partial charge in [0.1, 0.15) is 11.6 Å². The van der Waals surface area contributed by atoms with Crippen LogP contribution >= 0.6 is 11.3 Å². The van der Waals surface area contributed by atoms with Crippen LogP contribution in [0.15, 0.2) is 0 Å². The Hall–Kier alpha value is -1.89. The van der Waals surface area contributed by atoms with Gasteiger partial charge >= 0.3 is 5.97 Å². The molecule has 0 bridgehead atoms. The number of hydrogen-bond acceptors (Lipinski definition) is 6. The summed E-state index contributed by atoms with van der Waals surface area (Å²) in [5.41, 5.74) is 7.34. The molecule has 2 heterocycles. The van der Waals surface area contributed by atoms with Crippen molar-refractivity contribution in [2.24, 2.45) is 0 Å². The second-order valence-electron chi connectivity index (χ2n) is 4.79. The van der Waals surface area contributed by atoms with Crippen molar-refractivity contribution in [3.63, 3.8) is 0 Å². The minimum Gasteiger partial charge on any atom is -0.464 e. The molecule has 1 aliphatic carbocycles. The quantitative estimate of drug-likeness (QED) is 0.855. The van der Waals surface area contributed by atoms with Gasteiger partial charge in [0.25, 0.3) is 0 Å². The molecule has 6 nitrogen and oxygen atoms in total. The Balaban J connectivity index is 2.08. The third kappa shape index (κ3) is 1.98. The number of esters is 1. The number of aryl methyl sites for hydroxylation is 3. The highest BCUT2D eigenvalue weighted by atomic mass is 32.1. The first-order valence-corrected chi connectivity index (χ1v) is 7.35. The van der Waals surface area contributed by atoms with E-state index in [4.69, 9.17) is 10.5 Å². The highest BCUT2D eigenvalue weighted by molar-refractivity contribution is 7.14. The molecule has 0 unspecified atom stereocenters. The van der Waals surface area contributed by atoms with Gasteiger partial charge in [0.05, 0.1) is 12.8 Å². The van der Waals surface area contributed by atoms with Crippen molar-refractivity contribution in [2.75, 3.05) is 12.8 Å². The van der Waals surface area contributed by atoms with Crippen LogP contribution in [-0.2, 0) is 17.6 Å². The SMILES string of the molecule is COC(=O)c1nc(C)n(-c2nc3c(s2)CCCC3)c1N. The second kappa shape index (κ2) is 4.90. The zero-order chi connectivity index (χ0) is 14.3. The maximum absolute atomic E-state index is 11.6. The summed E-state index contributed by atoms with van der Waals surface area (Å²) < 4.78 is 6.42. The molecule has 0 fully saturated rings. The Morgan fingerprint density at radius 2 is 2.10 bits per heavy atom. The predicted molar refractivity (Wildman–Crippen MR) is 76.4 cm³/mol. The lowest BCUT2D eigenvalue weighted by molar-refractivity contribution is 0.0596. The molecule has 2 aromatic rings. The van der Waals surface area contributed by atoms with Gasteiger partial charge in [-0.05, 0) is 32.6 Å². The second-order valence-corrected chi connectivity index (χ2v) is 5.86. The lowest BCUT2D eigenvalue weighted by Crippen LogP contribution is -2.07. The van der Waals surface area contributed by atoms with Crippen molar-refractivity contribution < 1.29 is 9.53 Å². The third-order valence-corrected chi connectivity index (χ3v) is 4.63. The molecule has 0 saturated heterocycles. The largest absolute Gasteiger partial charge is 0.464 e. The normalized spacial score (nSPS) is 14.1. The summed E-state index contributed by atoms with van der Waals surface area (Å²) in [6, 6.07) is 0. The van der Waals surface area contributed by atoms with Crippen LogP contribution in [0.5, 0.6) is 0 Å². The molecule has 2 aromatic heterocycles. The maximum Gasteiger partial charge on any atom is 0.360 e. The highest BCUT2D eigenvalue weighted by Crippen LogP contribution is 2.31. The van der Waals surface area contributed by atoms with E-state index in [9.17, 15) is 4.79 Å². The third-order valence-electron chi connectivity index (χ3n) is 3.49. The summed E-state index contributed by atoms with van der Waals surface area (Å²) in [4.78, 5) is 21.8. The van der Waals surface area contributed by atoms with Gasteiger partial charge in [-0.25, -0.2) is 14.8 Å². The molecule has 0 atom stereocenters. The van der Waals surface area contributed by atoms with Gasteiger partial charge in [0.2, 0.25) is 0 Å². The molecule has 2 N–H and O–H groups in total. The Bertz CT molecular complexity index is 651. The maximum atomic E-state index is 11.6. The molecule has 7 heteroatoms. The van der Waals surface area contributed by atoms with E-state index in [2.05, 4.69) is 9.97 Å². The fourth-order valence-corrected chi connectivity index (χ4v) is 3.68. The van der Waals surface area contributed by atoms with Gasteiger partial charge in [0.15, 0.2) is 10.8 Å². The molecule has 0 aliphatic heterocycles. The summed E-state index contributed by atoms with van der Waals surface area (Å²) >= 11 is 1.63. The minimum absolute atomic E-state index is 0.151. The number of carbonyl (C=O) groups excluding carboxylic acids is 1. The lowest BCUT2D eigenvalue weighted by Gasteiger charge is -2.06. The molecular formula is C13H16N4O2S. The fraction of sp³-hybridized carbons (Fsp3) is 0.462. The van der Waals surface area contributed by atoms with E-state index < -0.39 is 5.97 Å². The van der Waals surface area contributed by atoms with Crippen molar-refractivity contribution in [3.05, 3.63) is 22.1 Å². The fourth-order valence-electron chi connectivity index (χ4n) is 2.47. The monoisotopic (exact) mass is 292 g/mol. The van der Waals surface area contributed by atoms with Crippen molar-refractivity contribution in [1.29, 1.82) is 0 Å². The Morgan fingerprint density at radius 3 is 2.80 bits per heavy atom. The summed E-state index contributed by atoms with van der Waals surface area (Å²) in [6.45, 7) is 1.81. The first-order valence-electron chi connectivity index (χ1n) is 6.54. The number of methoxy groups -OCH3 is 1. The molecule has 106 valence electrons. The van der Waals surface area contributed by atoms with Crippen LogP contribution in [-0.4, -0.2) is 27.6 Å². The van der Waals surface area contributed by atoms with Crippen LogP contribution in [0.3, 0.4) is 0 Å². The number of aromatic nitrogens is 3. The minimum atomic E-state index is -0.523. The Morgan fingerprint density at radius 1 is 1.35 bits per heavy atom. The van der Waals surface area contributed by atoms with Crippen LogP contribution in [0.1, 0.15) is 39.7 Å². The molecular weight excluding hydrogens is 276 g/mol. The number of nitrogens with zero attached hydrogens (tertiary/aromatic N) is 3. The van der Waals surface area contributed by atoms with Gasteiger partial charge in [-0.3, -0.25) is 4.57 Å².